The minimum Gasteiger partial charge on any atom is -0.468 e. The van der Waals surface area contributed by atoms with Gasteiger partial charge in [-0.2, -0.15) is 0 Å². The number of carbonyl (C=O) groups excluding carboxylic acids is 1. The van der Waals surface area contributed by atoms with Crippen LogP contribution in [0.3, 0.4) is 0 Å². The van der Waals surface area contributed by atoms with E-state index in [1.165, 1.54) is 20.1 Å². The van der Waals surface area contributed by atoms with Crippen molar-refractivity contribution in [2.24, 2.45) is 11.5 Å². The van der Waals surface area contributed by atoms with Gasteiger partial charge in [0.2, 0.25) is 0 Å². The summed E-state index contributed by atoms with van der Waals surface area (Å²) in [5, 5.41) is 0. The molecule has 0 aromatic rings. The molecule has 0 aliphatic rings. The van der Waals surface area contributed by atoms with Gasteiger partial charge >= 0.3 is 5.97 Å². The molecule has 0 radical (unpaired) electrons. The van der Waals surface area contributed by atoms with Crippen molar-refractivity contribution in [3.63, 3.8) is 0 Å². The molecule has 0 rings (SSSR count). The molecule has 14 heavy (non-hydrogen) atoms. The zero-order valence-corrected chi connectivity index (χ0v) is 8.55. The smallest absolute Gasteiger partial charge is 0.325 e. The fourth-order valence-corrected chi connectivity index (χ4v) is 0.944. The van der Waals surface area contributed by atoms with Crippen molar-refractivity contribution < 1.29 is 13.9 Å². The minimum absolute atomic E-state index is 0.0965. The fourth-order valence-electron chi connectivity index (χ4n) is 0.944. The Bertz CT molecular complexity index is 227. The Balaban J connectivity index is 4.11. The second-order valence-corrected chi connectivity index (χ2v) is 3.30. The van der Waals surface area contributed by atoms with Crippen LogP contribution in [0.25, 0.3) is 0 Å². The molecule has 0 fully saturated rings. The minimum atomic E-state index is -1.14. The van der Waals surface area contributed by atoms with Gasteiger partial charge in [-0.15, -0.1) is 0 Å². The van der Waals surface area contributed by atoms with Crippen molar-refractivity contribution in [2.45, 2.75) is 25.3 Å². The number of halogens is 1. The van der Waals surface area contributed by atoms with E-state index < -0.39 is 11.5 Å². The highest BCUT2D eigenvalue weighted by atomic mass is 19.1. The van der Waals surface area contributed by atoms with Crippen LogP contribution >= 0.6 is 0 Å². The maximum Gasteiger partial charge on any atom is 0.325 e. The summed E-state index contributed by atoms with van der Waals surface area (Å²) in [7, 11) is 1.25. The van der Waals surface area contributed by atoms with Crippen molar-refractivity contribution in [3.05, 3.63) is 11.9 Å². The van der Waals surface area contributed by atoms with E-state index in [-0.39, 0.29) is 25.2 Å². The molecular weight excluding hydrogens is 187 g/mol. The molecule has 0 amide bonds. The Labute approximate surface area is 83.1 Å². The van der Waals surface area contributed by atoms with E-state index in [1.54, 1.807) is 0 Å². The van der Waals surface area contributed by atoms with E-state index in [1.807, 2.05) is 0 Å². The summed E-state index contributed by atoms with van der Waals surface area (Å²) in [4.78, 5) is 11.1. The molecule has 1 unspecified atom stereocenters. The highest BCUT2D eigenvalue weighted by Crippen LogP contribution is 2.15. The van der Waals surface area contributed by atoms with E-state index >= 15 is 0 Å². The van der Waals surface area contributed by atoms with Crippen LogP contribution in [-0.4, -0.2) is 25.2 Å². The zero-order valence-electron chi connectivity index (χ0n) is 8.55. The van der Waals surface area contributed by atoms with Crippen molar-refractivity contribution in [3.8, 4) is 0 Å². The Hall–Kier alpha value is -0.940. The normalized spacial score (nSPS) is 16.2. The predicted molar refractivity (Wildman–Crippen MR) is 52.1 cm³/mol. The molecule has 0 heterocycles. The number of rotatable bonds is 5. The first-order chi connectivity index (χ1) is 6.44. The summed E-state index contributed by atoms with van der Waals surface area (Å²) in [5.41, 5.74) is 9.59. The number of nitrogens with two attached hydrogens (primary N) is 2. The molecular formula is C9H17FN2O2. The first-order valence-electron chi connectivity index (χ1n) is 4.36. The van der Waals surface area contributed by atoms with Gasteiger partial charge in [0.05, 0.1) is 12.9 Å². The van der Waals surface area contributed by atoms with Gasteiger partial charge < -0.3 is 16.2 Å². The predicted octanol–water partition coefficient (Wildman–Crippen LogP) is 0.469. The SMILES string of the molecule is COC(=O)C(C)(N)CC/C(F)=C\CN. The molecule has 4 nitrogen and oxygen atoms in total. The average molecular weight is 204 g/mol. The van der Waals surface area contributed by atoms with E-state index in [4.69, 9.17) is 11.5 Å². The molecule has 0 aliphatic carbocycles. The second-order valence-electron chi connectivity index (χ2n) is 3.30. The molecule has 0 aliphatic heterocycles. The van der Waals surface area contributed by atoms with Gasteiger partial charge in [-0.05, 0) is 19.4 Å². The lowest BCUT2D eigenvalue weighted by Crippen LogP contribution is -2.45. The topological polar surface area (TPSA) is 78.3 Å². The first-order valence-corrected chi connectivity index (χ1v) is 4.36. The molecule has 0 aromatic heterocycles. The van der Waals surface area contributed by atoms with E-state index in [0.29, 0.717) is 0 Å². The first kappa shape index (κ1) is 13.1. The van der Waals surface area contributed by atoms with Crippen molar-refractivity contribution in [1.29, 1.82) is 0 Å². The molecule has 5 heteroatoms. The lowest BCUT2D eigenvalue weighted by molar-refractivity contribution is -0.146. The Morgan fingerprint density at radius 2 is 2.21 bits per heavy atom. The van der Waals surface area contributed by atoms with Crippen molar-refractivity contribution >= 4 is 5.97 Å². The van der Waals surface area contributed by atoms with Crippen molar-refractivity contribution in [2.75, 3.05) is 13.7 Å². The number of hydrogen-bond acceptors (Lipinski definition) is 4. The average Bonchev–Trinajstić information content (AvgIpc) is 2.14. The number of carbonyl (C=O) groups is 1. The van der Waals surface area contributed by atoms with Crippen LogP contribution in [0.2, 0.25) is 0 Å². The lowest BCUT2D eigenvalue weighted by Gasteiger charge is -2.20. The van der Waals surface area contributed by atoms with Crippen molar-refractivity contribution in [1.82, 2.24) is 0 Å². The second kappa shape index (κ2) is 5.72. The third-order valence-corrected chi connectivity index (χ3v) is 1.87. The number of ether oxygens (including phenoxy) is 1. The Morgan fingerprint density at radius 3 is 2.64 bits per heavy atom. The van der Waals surface area contributed by atoms with Crippen LogP contribution < -0.4 is 11.5 Å². The van der Waals surface area contributed by atoms with Crippen LogP contribution in [0.1, 0.15) is 19.8 Å². The summed E-state index contributed by atoms with van der Waals surface area (Å²) in [6.45, 7) is 1.65. The summed E-state index contributed by atoms with van der Waals surface area (Å²) >= 11 is 0. The Morgan fingerprint density at radius 1 is 1.64 bits per heavy atom. The van der Waals surface area contributed by atoms with Crippen LogP contribution in [0, 0.1) is 0 Å². The molecule has 0 aromatic carbocycles. The van der Waals surface area contributed by atoms with E-state index in [0.717, 1.165) is 0 Å². The number of hydrogen-bond donors (Lipinski definition) is 2. The number of methoxy groups -OCH3 is 1. The summed E-state index contributed by atoms with van der Waals surface area (Å²) in [5.74, 6) is -0.897. The van der Waals surface area contributed by atoms with Gasteiger partial charge in [0.1, 0.15) is 5.54 Å². The van der Waals surface area contributed by atoms with E-state index in [2.05, 4.69) is 4.74 Å². The Kier molecular flexibility index (Phi) is 5.34. The summed E-state index contributed by atoms with van der Waals surface area (Å²) < 4.78 is 17.4. The highest BCUT2D eigenvalue weighted by molar-refractivity contribution is 5.79. The van der Waals surface area contributed by atoms with Gasteiger partial charge in [-0.3, -0.25) is 4.79 Å². The molecule has 1 atom stereocenters. The van der Waals surface area contributed by atoms with E-state index in [9.17, 15) is 9.18 Å². The van der Waals surface area contributed by atoms with Gasteiger partial charge in [-0.1, -0.05) is 0 Å². The highest BCUT2D eigenvalue weighted by Gasteiger charge is 2.29. The molecule has 0 saturated heterocycles. The maximum absolute atomic E-state index is 12.9. The maximum atomic E-state index is 12.9. The largest absolute Gasteiger partial charge is 0.468 e. The number of allylic oxidation sites excluding steroid dienone is 1. The molecule has 0 bridgehead atoms. The fraction of sp³-hybridized carbons (Fsp3) is 0.667. The molecule has 82 valence electrons. The monoisotopic (exact) mass is 204 g/mol. The van der Waals surface area contributed by atoms with Crippen LogP contribution in [-0.2, 0) is 9.53 Å². The third kappa shape index (κ3) is 4.34. The van der Waals surface area contributed by atoms with Crippen LogP contribution in [0.15, 0.2) is 11.9 Å². The molecule has 0 spiro atoms. The lowest BCUT2D eigenvalue weighted by atomic mass is 9.97. The van der Waals surface area contributed by atoms with Gasteiger partial charge in [-0.25, -0.2) is 4.39 Å². The molecule has 0 saturated carbocycles. The standard InChI is InChI=1S/C9H17FN2O2/c1-9(12,8(13)14-2)5-3-7(10)4-6-11/h4H,3,5-6,11-12H2,1-2H3/b7-4+. The number of esters is 1. The van der Waals surface area contributed by atoms with Crippen LogP contribution in [0.4, 0.5) is 4.39 Å². The van der Waals surface area contributed by atoms with Gasteiger partial charge in [0.15, 0.2) is 0 Å². The summed E-state index contributed by atoms with van der Waals surface area (Å²) in [6.07, 6.45) is 1.55. The zero-order chi connectivity index (χ0) is 11.2. The third-order valence-electron chi connectivity index (χ3n) is 1.87. The summed E-state index contributed by atoms with van der Waals surface area (Å²) in [6, 6.07) is 0. The van der Waals surface area contributed by atoms with Gasteiger partial charge in [0, 0.05) is 13.0 Å². The van der Waals surface area contributed by atoms with Crippen LogP contribution in [0.5, 0.6) is 0 Å². The van der Waals surface area contributed by atoms with Gasteiger partial charge in [0.25, 0.3) is 0 Å². The molecule has 4 N–H and O–H groups in total. The quantitative estimate of drug-likeness (QED) is 0.638.